The Morgan fingerprint density at radius 2 is 1.60 bits per heavy atom. The van der Waals surface area contributed by atoms with Gasteiger partial charge in [-0.25, -0.2) is 9.97 Å². The van der Waals surface area contributed by atoms with Crippen molar-refractivity contribution >= 4 is 23.7 Å². The van der Waals surface area contributed by atoms with Crippen LogP contribution < -0.4 is 15.9 Å². The molecule has 0 saturated carbocycles. The fourth-order valence-corrected chi connectivity index (χ4v) is 5.72. The summed E-state index contributed by atoms with van der Waals surface area (Å²) >= 11 is 0. The maximum atomic E-state index is 14.3. The molecular formula is C32H29F6N5. The minimum absolute atomic E-state index is 0.0618. The summed E-state index contributed by atoms with van der Waals surface area (Å²) in [5.74, 6) is 0.329. The lowest BCUT2D eigenvalue weighted by Gasteiger charge is -2.39. The number of rotatable bonds is 8. The van der Waals surface area contributed by atoms with E-state index in [1.165, 1.54) is 30.7 Å². The molecule has 1 aliphatic carbocycles. The van der Waals surface area contributed by atoms with Crippen molar-refractivity contribution in [1.82, 2.24) is 19.9 Å². The van der Waals surface area contributed by atoms with Gasteiger partial charge in [0.25, 0.3) is 0 Å². The molecule has 0 bridgehead atoms. The number of nitrogens with zero attached hydrogens (tertiary/aromatic N) is 4. The molecule has 0 spiro atoms. The Labute approximate surface area is 244 Å². The van der Waals surface area contributed by atoms with Gasteiger partial charge < -0.3 is 5.32 Å². The zero-order valence-electron chi connectivity index (χ0n) is 23.4. The van der Waals surface area contributed by atoms with Crippen molar-refractivity contribution in [2.45, 2.75) is 43.6 Å². The Kier molecular flexibility index (Phi) is 8.29. The van der Waals surface area contributed by atoms with Gasteiger partial charge in [0.15, 0.2) is 0 Å². The van der Waals surface area contributed by atoms with E-state index in [1.54, 1.807) is 12.2 Å². The van der Waals surface area contributed by atoms with Crippen molar-refractivity contribution in [2.24, 2.45) is 0 Å². The van der Waals surface area contributed by atoms with E-state index in [-0.39, 0.29) is 24.7 Å². The van der Waals surface area contributed by atoms with Gasteiger partial charge in [-0.05, 0) is 67.9 Å². The van der Waals surface area contributed by atoms with E-state index >= 15 is 0 Å². The fraction of sp³-hybridized carbons (Fsp3) is 0.281. The van der Waals surface area contributed by atoms with Crippen molar-refractivity contribution in [2.75, 3.05) is 18.9 Å². The number of anilines is 2. The first-order valence-corrected chi connectivity index (χ1v) is 13.7. The minimum Gasteiger partial charge on any atom is -0.340 e. The van der Waals surface area contributed by atoms with Gasteiger partial charge in [-0.15, -0.1) is 0 Å². The molecule has 1 aliphatic rings. The molecule has 11 heteroatoms. The van der Waals surface area contributed by atoms with Gasteiger partial charge in [-0.2, -0.15) is 26.3 Å². The molecule has 0 saturated heterocycles. The number of alkyl halides is 6. The molecule has 0 fully saturated rings. The Morgan fingerprint density at radius 1 is 0.884 bits per heavy atom. The maximum Gasteiger partial charge on any atom is 0.418 e. The topological polar surface area (TPSA) is 53.9 Å². The van der Waals surface area contributed by atoms with Crippen LogP contribution in [-0.2, 0) is 17.8 Å². The summed E-state index contributed by atoms with van der Waals surface area (Å²) in [6.07, 6.45) is -2.09. The third-order valence-electron chi connectivity index (χ3n) is 7.69. The van der Waals surface area contributed by atoms with Crippen LogP contribution >= 0.6 is 0 Å². The number of fused-ring (bicyclic) bond motifs is 1. The average Bonchev–Trinajstić information content (AvgIpc) is 2.97. The summed E-state index contributed by atoms with van der Waals surface area (Å²) in [6.45, 7) is 2.24. The quantitative estimate of drug-likeness (QED) is 0.231. The highest BCUT2D eigenvalue weighted by molar-refractivity contribution is 5.62. The highest BCUT2D eigenvalue weighted by Crippen LogP contribution is 2.41. The van der Waals surface area contributed by atoms with Crippen molar-refractivity contribution in [3.63, 3.8) is 0 Å². The molecule has 4 aromatic rings. The van der Waals surface area contributed by atoms with Crippen molar-refractivity contribution in [1.29, 1.82) is 0 Å². The van der Waals surface area contributed by atoms with Crippen LogP contribution in [0.15, 0.2) is 79.3 Å². The first-order valence-electron chi connectivity index (χ1n) is 13.7. The third kappa shape index (κ3) is 6.41. The van der Waals surface area contributed by atoms with Crippen LogP contribution in [0.4, 0.5) is 37.8 Å². The lowest BCUT2D eigenvalue weighted by Crippen LogP contribution is -2.47. The third-order valence-corrected chi connectivity index (χ3v) is 7.69. The second-order valence-corrected chi connectivity index (χ2v) is 10.6. The molecule has 0 aliphatic heterocycles. The summed E-state index contributed by atoms with van der Waals surface area (Å²) in [7, 11) is 1.89. The van der Waals surface area contributed by atoms with Crippen molar-refractivity contribution in [3.8, 4) is 0 Å². The summed E-state index contributed by atoms with van der Waals surface area (Å²) in [5.41, 5.74) is -1.48. The van der Waals surface area contributed by atoms with E-state index in [4.69, 9.17) is 0 Å². The molecule has 224 valence electrons. The molecule has 2 aromatic carbocycles. The van der Waals surface area contributed by atoms with Gasteiger partial charge in [-0.3, -0.25) is 9.88 Å². The van der Waals surface area contributed by atoms with E-state index < -0.39 is 28.9 Å². The van der Waals surface area contributed by atoms with Crippen LogP contribution in [-0.4, -0.2) is 33.4 Å². The highest BCUT2D eigenvalue weighted by atomic mass is 19.4. The van der Waals surface area contributed by atoms with Crippen LogP contribution in [0.25, 0.3) is 12.2 Å². The summed E-state index contributed by atoms with van der Waals surface area (Å²) < 4.78 is 82.0. The van der Waals surface area contributed by atoms with Crippen LogP contribution in [0.2, 0.25) is 0 Å². The van der Waals surface area contributed by atoms with E-state index in [1.807, 2.05) is 49.2 Å². The fourth-order valence-electron chi connectivity index (χ4n) is 5.72. The van der Waals surface area contributed by atoms with E-state index in [0.29, 0.717) is 22.1 Å². The SMILES string of the molecule is CCC(c1ccccc1)N(C)CC1(c2ncccc2C(F)(F)F)C=c2ncnc(Nc3ccc(C(F)(F)F)cc3)c2=CC1. The molecule has 1 N–H and O–H groups in total. The Bertz CT molecular complexity index is 1690. The van der Waals surface area contributed by atoms with Crippen LogP contribution in [0, 0.1) is 0 Å². The molecular weight excluding hydrogens is 568 g/mol. The largest absolute Gasteiger partial charge is 0.418 e. The summed E-state index contributed by atoms with van der Waals surface area (Å²) in [5, 5.41) is 3.97. The first kappa shape index (κ1) is 30.2. The van der Waals surface area contributed by atoms with Gasteiger partial charge in [0, 0.05) is 35.1 Å². The normalized spacial score (nSPS) is 17.5. The van der Waals surface area contributed by atoms with E-state index in [9.17, 15) is 26.3 Å². The van der Waals surface area contributed by atoms with Crippen LogP contribution in [0.1, 0.15) is 48.2 Å². The number of hydrogen-bond acceptors (Lipinski definition) is 5. The second-order valence-electron chi connectivity index (χ2n) is 10.6. The smallest absolute Gasteiger partial charge is 0.340 e. The van der Waals surface area contributed by atoms with Crippen molar-refractivity contribution in [3.05, 3.63) is 112 Å². The Hall–Kier alpha value is -4.25. The summed E-state index contributed by atoms with van der Waals surface area (Å²) in [6, 6.07) is 16.5. The number of benzene rings is 2. The average molecular weight is 598 g/mol. The molecule has 43 heavy (non-hydrogen) atoms. The molecule has 2 unspecified atom stereocenters. The van der Waals surface area contributed by atoms with Gasteiger partial charge in [0.2, 0.25) is 0 Å². The number of halogens is 6. The van der Waals surface area contributed by atoms with Crippen LogP contribution in [0.3, 0.4) is 0 Å². The minimum atomic E-state index is -4.63. The molecule has 2 aromatic heterocycles. The molecule has 2 heterocycles. The van der Waals surface area contributed by atoms with Gasteiger partial charge in [0.1, 0.15) is 12.1 Å². The zero-order chi connectivity index (χ0) is 30.8. The molecule has 2 atom stereocenters. The molecule has 5 nitrogen and oxygen atoms in total. The van der Waals surface area contributed by atoms with Gasteiger partial charge in [0.05, 0.1) is 22.2 Å². The van der Waals surface area contributed by atoms with Crippen LogP contribution in [0.5, 0.6) is 0 Å². The zero-order valence-corrected chi connectivity index (χ0v) is 23.4. The number of aromatic nitrogens is 3. The lowest BCUT2D eigenvalue weighted by molar-refractivity contribution is -0.139. The monoisotopic (exact) mass is 597 g/mol. The Morgan fingerprint density at radius 3 is 2.26 bits per heavy atom. The standard InChI is InChI=1S/C32H29F6N5/c1-3-27(21-8-5-4-6-9-21)43(2)19-30(28-25(32(36,37)38)10-7-17-39-28)16-15-24-26(18-30)40-20-41-29(24)42-23-13-11-22(12-14-23)31(33,34)35/h4-15,17-18,20,27H,3,16,19H2,1-2H3,(H,40,41,42). The van der Waals surface area contributed by atoms with Crippen molar-refractivity contribution < 1.29 is 26.3 Å². The number of likely N-dealkylation sites (N-methyl/N-ethyl adjacent to an activating group) is 1. The van der Waals surface area contributed by atoms with Gasteiger partial charge in [-0.1, -0.05) is 43.3 Å². The van der Waals surface area contributed by atoms with E-state index in [2.05, 4.69) is 20.3 Å². The van der Waals surface area contributed by atoms with Gasteiger partial charge >= 0.3 is 12.4 Å². The molecule has 0 amide bonds. The number of pyridine rings is 1. The maximum absolute atomic E-state index is 14.3. The number of hydrogen-bond donors (Lipinski definition) is 1. The predicted octanol–water partition coefficient (Wildman–Crippen LogP) is 6.64. The highest BCUT2D eigenvalue weighted by Gasteiger charge is 2.43. The first-order chi connectivity index (χ1) is 20.4. The second kappa shape index (κ2) is 11.8. The predicted molar refractivity (Wildman–Crippen MR) is 153 cm³/mol. The lowest BCUT2D eigenvalue weighted by atomic mass is 9.75. The van der Waals surface area contributed by atoms with E-state index in [0.717, 1.165) is 30.2 Å². The summed E-state index contributed by atoms with van der Waals surface area (Å²) in [4.78, 5) is 15.0. The molecule has 0 radical (unpaired) electrons. The molecule has 5 rings (SSSR count). The Balaban J connectivity index is 1.59. The number of nitrogens with one attached hydrogen (secondary N) is 1.